The second kappa shape index (κ2) is 11.7. The predicted octanol–water partition coefficient (Wildman–Crippen LogP) is 4.21. The van der Waals surface area contributed by atoms with Crippen molar-refractivity contribution in [3.63, 3.8) is 0 Å². The monoisotopic (exact) mass is 578 g/mol. The molecule has 2 atom stereocenters. The molecule has 12 heteroatoms. The SMILES string of the molecule is CC[N+]1(c2ccc(N=C(C(=O)Nc3cc(NCOC)ccc3Cl)C(=O)C(C)(C)C)c(C)c2)CC1NS(C)(=O)=O. The van der Waals surface area contributed by atoms with E-state index in [0.717, 1.165) is 17.5 Å². The van der Waals surface area contributed by atoms with Gasteiger partial charge in [0.25, 0.3) is 5.91 Å². The Morgan fingerprint density at radius 1 is 1.18 bits per heavy atom. The maximum atomic E-state index is 13.4. The molecule has 1 aliphatic heterocycles. The molecule has 212 valence electrons. The molecule has 3 N–H and O–H groups in total. The number of Topliss-reactive ketones (excluding diaryl/α,β-unsaturated/α-hetero) is 1. The molecule has 3 rings (SSSR count). The molecule has 0 spiro atoms. The number of nitrogens with zero attached hydrogens (tertiary/aromatic N) is 2. The summed E-state index contributed by atoms with van der Waals surface area (Å²) in [5.74, 6) is -1.10. The molecule has 1 heterocycles. The Morgan fingerprint density at radius 2 is 1.87 bits per heavy atom. The number of sulfonamides is 1. The number of amides is 1. The standard InChI is InChI=1S/C27H36ClN5O5S/c1-8-33(15-23(33)32-39(7,36)37)19-10-12-21(17(2)13-19)30-24(25(34)27(3,4)5)26(35)31-22-14-18(29-16-38-6)9-11-20(22)28/h9-14,23,29,32H,8,15-16H2,1-7H3/p+1. The minimum atomic E-state index is -3.34. The lowest BCUT2D eigenvalue weighted by atomic mass is 9.87. The van der Waals surface area contributed by atoms with Gasteiger partial charge in [-0.25, -0.2) is 13.4 Å². The van der Waals surface area contributed by atoms with Crippen LogP contribution in [0.4, 0.5) is 22.7 Å². The van der Waals surface area contributed by atoms with E-state index in [2.05, 4.69) is 20.3 Å². The molecule has 39 heavy (non-hydrogen) atoms. The third-order valence-electron chi connectivity index (χ3n) is 6.55. The highest BCUT2D eigenvalue weighted by Gasteiger charge is 2.57. The van der Waals surface area contributed by atoms with Crippen molar-refractivity contribution >= 4 is 61.8 Å². The fraction of sp³-hybridized carbons (Fsp3) is 0.444. The van der Waals surface area contributed by atoms with E-state index in [1.165, 1.54) is 0 Å². The third kappa shape index (κ3) is 7.43. The van der Waals surface area contributed by atoms with Gasteiger partial charge in [-0.05, 0) is 43.7 Å². The molecule has 2 aromatic carbocycles. The topological polar surface area (TPSA) is 126 Å². The zero-order chi connectivity index (χ0) is 29.2. The van der Waals surface area contributed by atoms with Crippen molar-refractivity contribution in [2.24, 2.45) is 10.4 Å². The molecule has 0 bridgehead atoms. The average molecular weight is 579 g/mol. The Bertz CT molecular complexity index is 1400. The number of carbonyl (C=O) groups excluding carboxylic acids is 2. The fourth-order valence-electron chi connectivity index (χ4n) is 4.25. The lowest BCUT2D eigenvalue weighted by Crippen LogP contribution is -2.38. The lowest BCUT2D eigenvalue weighted by molar-refractivity contribution is -0.121. The molecule has 0 aromatic heterocycles. The Labute approximate surface area is 235 Å². The molecule has 1 aliphatic rings. The number of methoxy groups -OCH3 is 1. The number of hydrogen-bond donors (Lipinski definition) is 3. The van der Waals surface area contributed by atoms with Gasteiger partial charge in [0.05, 0.1) is 29.2 Å². The largest absolute Gasteiger partial charge is 0.365 e. The van der Waals surface area contributed by atoms with Crippen LogP contribution in [-0.2, 0) is 24.3 Å². The molecule has 1 amide bonds. The highest BCUT2D eigenvalue weighted by atomic mass is 35.5. The van der Waals surface area contributed by atoms with E-state index >= 15 is 0 Å². The van der Waals surface area contributed by atoms with Crippen LogP contribution < -0.4 is 19.8 Å². The first-order valence-corrected chi connectivity index (χ1v) is 14.8. The predicted molar refractivity (Wildman–Crippen MR) is 157 cm³/mol. The van der Waals surface area contributed by atoms with Crippen LogP contribution in [0.15, 0.2) is 41.4 Å². The van der Waals surface area contributed by atoms with Crippen molar-refractivity contribution < 1.29 is 22.7 Å². The molecule has 0 radical (unpaired) electrons. The van der Waals surface area contributed by atoms with Crippen molar-refractivity contribution in [2.45, 2.75) is 40.8 Å². The smallest absolute Gasteiger partial charge is 0.278 e. The van der Waals surface area contributed by atoms with Gasteiger partial charge in [-0.2, -0.15) is 4.72 Å². The van der Waals surface area contributed by atoms with Crippen molar-refractivity contribution in [3.8, 4) is 0 Å². The first-order chi connectivity index (χ1) is 18.1. The summed E-state index contributed by atoms with van der Waals surface area (Å²) in [6.07, 6.45) is 0.915. The van der Waals surface area contributed by atoms with Crippen molar-refractivity contribution in [3.05, 3.63) is 47.0 Å². The van der Waals surface area contributed by atoms with Crippen molar-refractivity contribution in [1.82, 2.24) is 9.21 Å². The van der Waals surface area contributed by atoms with Crippen LogP contribution in [0.25, 0.3) is 0 Å². The van der Waals surface area contributed by atoms with E-state index in [-0.39, 0.29) is 18.6 Å². The van der Waals surface area contributed by atoms with Crippen LogP contribution >= 0.6 is 11.6 Å². The van der Waals surface area contributed by atoms with E-state index in [4.69, 9.17) is 16.3 Å². The van der Waals surface area contributed by atoms with Crippen LogP contribution in [0.1, 0.15) is 33.3 Å². The van der Waals surface area contributed by atoms with Gasteiger partial charge in [0.1, 0.15) is 12.4 Å². The Balaban J connectivity index is 1.96. The zero-order valence-corrected chi connectivity index (χ0v) is 25.0. The van der Waals surface area contributed by atoms with Gasteiger partial charge < -0.3 is 15.4 Å². The highest BCUT2D eigenvalue weighted by Crippen LogP contribution is 2.39. The Morgan fingerprint density at radius 3 is 2.44 bits per heavy atom. The number of quaternary nitrogens is 1. The number of ketones is 1. The molecule has 10 nitrogen and oxygen atoms in total. The molecule has 1 saturated heterocycles. The number of hydrogen-bond acceptors (Lipinski definition) is 7. The molecule has 2 unspecified atom stereocenters. The van der Waals surface area contributed by atoms with E-state index < -0.39 is 27.1 Å². The summed E-state index contributed by atoms with van der Waals surface area (Å²) in [7, 11) is -1.79. The number of carbonyl (C=O) groups is 2. The molecular formula is C27H37ClN5O5S+. The van der Waals surface area contributed by atoms with Crippen LogP contribution in [0.5, 0.6) is 0 Å². The van der Waals surface area contributed by atoms with Gasteiger partial charge in [-0.15, -0.1) is 0 Å². The number of rotatable bonds is 11. The summed E-state index contributed by atoms with van der Waals surface area (Å²) in [6.45, 7) is 10.6. The van der Waals surface area contributed by atoms with Crippen molar-refractivity contribution in [1.29, 1.82) is 0 Å². The Kier molecular flexibility index (Phi) is 9.24. The van der Waals surface area contributed by atoms with Crippen LogP contribution in [0.2, 0.25) is 5.02 Å². The summed E-state index contributed by atoms with van der Waals surface area (Å²) < 4.78 is 31.7. The van der Waals surface area contributed by atoms with Gasteiger partial charge in [-0.3, -0.25) is 14.1 Å². The second-order valence-electron chi connectivity index (χ2n) is 10.7. The van der Waals surface area contributed by atoms with Crippen LogP contribution in [-0.4, -0.2) is 65.2 Å². The number of halogens is 1. The summed E-state index contributed by atoms with van der Waals surface area (Å²) in [6, 6.07) is 10.6. The number of anilines is 2. The fourth-order valence-corrected chi connectivity index (χ4v) is 5.19. The number of aliphatic imine (C=N–C) groups is 1. The minimum Gasteiger partial charge on any atom is -0.365 e. The van der Waals surface area contributed by atoms with Crippen LogP contribution in [0, 0.1) is 12.3 Å². The van der Waals surface area contributed by atoms with Gasteiger partial charge >= 0.3 is 0 Å². The highest BCUT2D eigenvalue weighted by molar-refractivity contribution is 7.88. The summed E-state index contributed by atoms with van der Waals surface area (Å²) in [5.41, 5.74) is 2.03. The third-order valence-corrected chi connectivity index (χ3v) is 7.58. The molecule has 0 saturated carbocycles. The number of nitrogens with one attached hydrogen (secondary N) is 3. The minimum absolute atomic E-state index is 0.235. The Hall–Kier alpha value is -2.83. The van der Waals surface area contributed by atoms with Crippen molar-refractivity contribution in [2.75, 3.05) is 43.8 Å². The molecular weight excluding hydrogens is 542 g/mol. The van der Waals surface area contributed by atoms with Crippen LogP contribution in [0.3, 0.4) is 0 Å². The average Bonchev–Trinajstić information content (AvgIpc) is 3.54. The van der Waals surface area contributed by atoms with E-state index in [0.29, 0.717) is 39.7 Å². The van der Waals surface area contributed by atoms with Gasteiger partial charge in [0.15, 0.2) is 18.0 Å². The number of likely N-dealkylation sites (N-methyl/N-ethyl adjacent to an activating group) is 1. The first kappa shape index (κ1) is 30.7. The second-order valence-corrected chi connectivity index (χ2v) is 12.9. The first-order valence-electron chi connectivity index (χ1n) is 12.5. The normalized spacial score (nSPS) is 19.5. The number of aryl methyl sites for hydroxylation is 1. The zero-order valence-electron chi connectivity index (χ0n) is 23.4. The van der Waals surface area contributed by atoms with Gasteiger partial charge in [0.2, 0.25) is 16.2 Å². The molecule has 0 aliphatic carbocycles. The van der Waals surface area contributed by atoms with Gasteiger partial charge in [-0.1, -0.05) is 32.4 Å². The quantitative estimate of drug-likeness (QED) is 0.121. The lowest BCUT2D eigenvalue weighted by Gasteiger charge is -2.20. The summed E-state index contributed by atoms with van der Waals surface area (Å²) in [4.78, 5) is 31.3. The number of benzene rings is 2. The maximum Gasteiger partial charge on any atom is 0.278 e. The summed E-state index contributed by atoms with van der Waals surface area (Å²) in [5, 5.41) is 6.07. The molecule has 1 fully saturated rings. The molecule has 2 aromatic rings. The maximum absolute atomic E-state index is 13.4. The van der Waals surface area contributed by atoms with Gasteiger partial charge in [0, 0.05) is 30.3 Å². The van der Waals surface area contributed by atoms with E-state index in [1.54, 1.807) is 52.1 Å². The summed E-state index contributed by atoms with van der Waals surface area (Å²) >= 11 is 6.32. The van der Waals surface area contributed by atoms with E-state index in [1.807, 2.05) is 26.0 Å². The number of ether oxygens (including phenoxy) is 1. The van der Waals surface area contributed by atoms with E-state index in [9.17, 15) is 18.0 Å².